The van der Waals surface area contributed by atoms with Gasteiger partial charge in [-0.15, -0.1) is 0 Å². The molecule has 53 heavy (non-hydrogen) atoms. The summed E-state index contributed by atoms with van der Waals surface area (Å²) in [5.41, 5.74) is 1.11. The second-order valence-corrected chi connectivity index (χ2v) is 11.0. The van der Waals surface area contributed by atoms with Crippen LogP contribution in [0.3, 0.4) is 0 Å². The maximum atomic E-state index is 12.8. The van der Waals surface area contributed by atoms with Gasteiger partial charge >= 0.3 is 23.9 Å². The lowest BCUT2D eigenvalue weighted by atomic mass is 10.1. The Kier molecular flexibility index (Phi) is 16.8. The lowest BCUT2D eigenvalue weighted by Gasteiger charge is -2.10. The summed E-state index contributed by atoms with van der Waals surface area (Å²) < 4.78 is 32.0. The number of ether oxygens (including phenoxy) is 6. The summed E-state index contributed by atoms with van der Waals surface area (Å²) in [5, 5.41) is 9.61. The van der Waals surface area contributed by atoms with Crippen molar-refractivity contribution in [3.63, 3.8) is 0 Å². The van der Waals surface area contributed by atoms with E-state index in [1.807, 2.05) is 6.07 Å². The van der Waals surface area contributed by atoms with Gasteiger partial charge in [-0.2, -0.15) is 5.26 Å². The Bertz CT molecular complexity index is 1910. The van der Waals surface area contributed by atoms with E-state index in [0.717, 1.165) is 12.2 Å². The maximum absolute atomic E-state index is 12.8. The first kappa shape index (κ1) is 40.5. The number of carbonyl (C=O) groups is 4. The van der Waals surface area contributed by atoms with E-state index >= 15 is 0 Å². The highest BCUT2D eigenvalue weighted by Crippen LogP contribution is 2.26. The summed E-state index contributed by atoms with van der Waals surface area (Å²) in [7, 11) is 0. The van der Waals surface area contributed by atoms with Crippen LogP contribution in [0.4, 0.5) is 0 Å². The SMILES string of the molecule is [C-]#[N+]/C(=C\c1ccc(OCCCCOC(=O)C=C)cc1)C(=O)Oc1ccc(OC(=O)/C(C#N)=C/c2ccc(OCCCCOC(=O)C=C)cc2)cc1C. The first-order chi connectivity index (χ1) is 25.6. The minimum atomic E-state index is -0.879. The Hall–Kier alpha value is -6.92. The Balaban J connectivity index is 1.51. The molecule has 3 aromatic carbocycles. The molecule has 0 bridgehead atoms. The molecule has 0 N–H and O–H groups in total. The molecule has 0 aliphatic heterocycles. The third-order valence-electron chi connectivity index (χ3n) is 7.04. The van der Waals surface area contributed by atoms with Crippen LogP contribution in [0.2, 0.25) is 0 Å². The molecule has 0 aromatic heterocycles. The van der Waals surface area contributed by atoms with Crippen LogP contribution in [0.1, 0.15) is 42.4 Å². The van der Waals surface area contributed by atoms with Gasteiger partial charge in [-0.1, -0.05) is 37.4 Å². The number of benzene rings is 3. The molecule has 0 atom stereocenters. The number of rotatable bonds is 20. The second-order valence-electron chi connectivity index (χ2n) is 11.0. The molecule has 0 saturated heterocycles. The average Bonchev–Trinajstić information content (AvgIpc) is 3.17. The molecule has 0 spiro atoms. The lowest BCUT2D eigenvalue weighted by Crippen LogP contribution is -2.12. The van der Waals surface area contributed by atoms with Gasteiger partial charge in [0.15, 0.2) is 0 Å². The smallest absolute Gasteiger partial charge is 0.354 e. The summed E-state index contributed by atoms with van der Waals surface area (Å²) in [6.07, 6.45) is 7.63. The first-order valence-electron chi connectivity index (χ1n) is 16.5. The summed E-state index contributed by atoms with van der Waals surface area (Å²) in [5.74, 6) is -1.21. The zero-order valence-corrected chi connectivity index (χ0v) is 29.2. The van der Waals surface area contributed by atoms with Gasteiger partial charge < -0.3 is 28.4 Å². The largest absolute Gasteiger partial charge is 0.494 e. The number of nitriles is 1. The highest BCUT2D eigenvalue weighted by atomic mass is 16.5. The topological polar surface area (TPSA) is 152 Å². The van der Waals surface area contributed by atoms with Crippen molar-refractivity contribution in [3.05, 3.63) is 131 Å². The predicted molar refractivity (Wildman–Crippen MR) is 195 cm³/mol. The van der Waals surface area contributed by atoms with Crippen LogP contribution >= 0.6 is 0 Å². The van der Waals surface area contributed by atoms with Crippen LogP contribution in [0.5, 0.6) is 23.0 Å². The van der Waals surface area contributed by atoms with E-state index in [1.165, 1.54) is 30.4 Å². The molecule has 0 heterocycles. The van der Waals surface area contributed by atoms with Crippen molar-refractivity contribution < 1.29 is 47.6 Å². The number of unbranched alkanes of at least 4 members (excludes halogenated alkanes) is 2. The second kappa shape index (κ2) is 22.0. The van der Waals surface area contributed by atoms with Crippen molar-refractivity contribution >= 4 is 36.0 Å². The molecule has 12 nitrogen and oxygen atoms in total. The van der Waals surface area contributed by atoms with Crippen LogP contribution in [0, 0.1) is 24.8 Å². The third kappa shape index (κ3) is 14.5. The monoisotopic (exact) mass is 718 g/mol. The number of esters is 4. The van der Waals surface area contributed by atoms with E-state index in [0.29, 0.717) is 67.1 Å². The fourth-order valence-electron chi connectivity index (χ4n) is 4.28. The molecule has 0 aliphatic carbocycles. The van der Waals surface area contributed by atoms with Crippen LogP contribution in [-0.2, 0) is 28.7 Å². The van der Waals surface area contributed by atoms with Gasteiger partial charge in [0.25, 0.3) is 5.70 Å². The molecule has 0 amide bonds. The number of hydrogen-bond donors (Lipinski definition) is 0. The minimum absolute atomic E-state index is 0.121. The molecule has 0 saturated carbocycles. The number of aryl methyl sites for hydroxylation is 1. The molecule has 0 unspecified atom stereocenters. The van der Waals surface area contributed by atoms with E-state index in [-0.39, 0.29) is 36.0 Å². The molecule has 0 aliphatic rings. The molecular formula is C41H38N2O10. The van der Waals surface area contributed by atoms with Crippen molar-refractivity contribution in [2.75, 3.05) is 26.4 Å². The third-order valence-corrected chi connectivity index (χ3v) is 7.04. The van der Waals surface area contributed by atoms with Gasteiger partial charge in [0.1, 0.15) is 34.6 Å². The minimum Gasteiger partial charge on any atom is -0.494 e. The Morgan fingerprint density at radius 2 is 1.19 bits per heavy atom. The van der Waals surface area contributed by atoms with Gasteiger partial charge in [-0.3, -0.25) is 4.79 Å². The van der Waals surface area contributed by atoms with Gasteiger partial charge in [-0.05, 0) is 104 Å². The van der Waals surface area contributed by atoms with E-state index in [1.54, 1.807) is 55.5 Å². The highest BCUT2D eigenvalue weighted by molar-refractivity contribution is 5.99. The van der Waals surface area contributed by atoms with Crippen molar-refractivity contribution in [2.24, 2.45) is 0 Å². The number of carbonyl (C=O) groups excluding carboxylic acids is 4. The summed E-state index contributed by atoms with van der Waals surface area (Å²) in [6, 6.07) is 19.7. The Morgan fingerprint density at radius 1 is 0.698 bits per heavy atom. The van der Waals surface area contributed by atoms with Crippen LogP contribution < -0.4 is 18.9 Å². The quantitative estimate of drug-likeness (QED) is 0.0292. The molecule has 272 valence electrons. The number of hydrogen-bond acceptors (Lipinski definition) is 11. The van der Waals surface area contributed by atoms with Crippen LogP contribution in [-0.4, -0.2) is 50.3 Å². The van der Waals surface area contributed by atoms with E-state index < -0.39 is 23.9 Å². The lowest BCUT2D eigenvalue weighted by molar-refractivity contribution is -0.138. The molecule has 0 radical (unpaired) electrons. The van der Waals surface area contributed by atoms with E-state index in [4.69, 9.17) is 35.0 Å². The zero-order chi connectivity index (χ0) is 38.4. The Morgan fingerprint density at radius 3 is 1.66 bits per heavy atom. The average molecular weight is 719 g/mol. The summed E-state index contributed by atoms with van der Waals surface area (Å²) in [4.78, 5) is 51.1. The standard InChI is InChI=1S/C41H38N2O10/c1-5-38(44)50-23-9-7-21-48-33-15-11-30(12-16-33)26-32(28-42)40(46)52-35-19-20-37(29(3)25-35)53-41(47)36(43-4)27-31-13-17-34(18-14-31)49-22-8-10-24-51-39(45)6-2/h5-6,11-20,25-27H,1-2,7-10,21-24H2,3H3/b32-26+,36-27-. The fourth-order valence-corrected chi connectivity index (χ4v) is 4.28. The van der Waals surface area contributed by atoms with Gasteiger partial charge in [0.2, 0.25) is 0 Å². The van der Waals surface area contributed by atoms with Crippen LogP contribution in [0.15, 0.2) is 103 Å². The van der Waals surface area contributed by atoms with Crippen LogP contribution in [0.25, 0.3) is 17.0 Å². The summed E-state index contributed by atoms with van der Waals surface area (Å²) >= 11 is 0. The molecule has 12 heteroatoms. The van der Waals surface area contributed by atoms with E-state index in [9.17, 15) is 24.4 Å². The molecule has 3 rings (SSSR count). The van der Waals surface area contributed by atoms with Gasteiger partial charge in [0, 0.05) is 12.2 Å². The molecule has 3 aromatic rings. The first-order valence-corrected chi connectivity index (χ1v) is 16.5. The Labute approximate surface area is 308 Å². The predicted octanol–water partition coefficient (Wildman–Crippen LogP) is 7.15. The summed E-state index contributed by atoms with van der Waals surface area (Å²) in [6.45, 7) is 17.2. The molecular weight excluding hydrogens is 680 g/mol. The van der Waals surface area contributed by atoms with Crippen molar-refractivity contribution in [1.82, 2.24) is 0 Å². The van der Waals surface area contributed by atoms with Crippen molar-refractivity contribution in [3.8, 4) is 29.1 Å². The van der Waals surface area contributed by atoms with E-state index in [2.05, 4.69) is 18.0 Å². The fraction of sp³-hybridized carbons (Fsp3) is 0.220. The number of nitrogens with zero attached hydrogens (tertiary/aromatic N) is 2. The van der Waals surface area contributed by atoms with Crippen molar-refractivity contribution in [2.45, 2.75) is 32.6 Å². The highest BCUT2D eigenvalue weighted by Gasteiger charge is 2.17. The molecule has 0 fully saturated rings. The van der Waals surface area contributed by atoms with Crippen molar-refractivity contribution in [1.29, 1.82) is 5.26 Å². The van der Waals surface area contributed by atoms with Gasteiger partial charge in [0.05, 0.1) is 33.0 Å². The zero-order valence-electron chi connectivity index (χ0n) is 29.2. The van der Waals surface area contributed by atoms with Gasteiger partial charge in [-0.25, -0.2) is 19.2 Å². The normalized spacial score (nSPS) is 10.8. The maximum Gasteiger partial charge on any atom is 0.354 e.